The van der Waals surface area contributed by atoms with Crippen molar-refractivity contribution in [3.8, 4) is 0 Å². The fourth-order valence-corrected chi connectivity index (χ4v) is 13.7. The molecule has 0 saturated heterocycles. The molecule has 0 radical (unpaired) electrons. The summed E-state index contributed by atoms with van der Waals surface area (Å²) in [5.41, 5.74) is 4.39. The summed E-state index contributed by atoms with van der Waals surface area (Å²) < 4.78 is 73.0. The molecule has 0 aliphatic heterocycles. The van der Waals surface area contributed by atoms with E-state index in [9.17, 15) is 25.9 Å². The Hall–Kier alpha value is -1.21. The minimum atomic E-state index is -4.52. The Morgan fingerprint density at radius 3 is 0.654 bits per heavy atom. The second-order valence-corrected chi connectivity index (χ2v) is 26.9. The van der Waals surface area contributed by atoms with Crippen LogP contribution in [0.25, 0.3) is 21.5 Å². The molecule has 0 atom stereocenters. The van der Waals surface area contributed by atoms with Crippen LogP contribution in [0.3, 0.4) is 0 Å². The molecule has 9 heteroatoms. The monoisotopic (exact) mass is 1280 g/mol. The van der Waals surface area contributed by atoms with Crippen molar-refractivity contribution in [1.29, 1.82) is 0 Å². The van der Waals surface area contributed by atoms with Crippen molar-refractivity contribution in [1.82, 2.24) is 0 Å². The van der Waals surface area contributed by atoms with Crippen LogP contribution in [0.15, 0.2) is 70.5 Å². The molecule has 4 rings (SSSR count). The van der Waals surface area contributed by atoms with Crippen LogP contribution in [0, 0.1) is 0 Å². The van der Waals surface area contributed by atoms with Crippen molar-refractivity contribution in [2.24, 2.45) is 0 Å². The third kappa shape index (κ3) is 34.1. The fraction of sp³-hybridized carbons (Fsp3) is 0.722. The smallest absolute Gasteiger partial charge is 0.744 e. The molecule has 0 heterocycles. The van der Waals surface area contributed by atoms with Crippen LogP contribution in [0.4, 0.5) is 0 Å². The largest absolute Gasteiger partial charge is 2.00 e. The number of hydrogen-bond acceptors (Lipinski definition) is 6. The van der Waals surface area contributed by atoms with Gasteiger partial charge in [-0.2, -0.15) is 0 Å². The Morgan fingerprint density at radius 1 is 0.259 bits per heavy atom. The SMILES string of the molecule is CCCCCCCCCCCCCc1ccc(CCCCCCCCCCCCC)c2c(S(=O)(=O)[O-])cccc12.CCCCCCCCCCCCCc1ccc(CCCCCCCCCCCCC)c2c(S(=O)(=O)[O-])cccc12.[Ba+2]. The van der Waals surface area contributed by atoms with Crippen molar-refractivity contribution >= 4 is 90.7 Å². The van der Waals surface area contributed by atoms with E-state index in [4.69, 9.17) is 0 Å². The molecule has 0 unspecified atom stereocenters. The maximum atomic E-state index is 12.2. The van der Waals surface area contributed by atoms with E-state index in [2.05, 4.69) is 52.0 Å². The Labute approximate surface area is 540 Å². The van der Waals surface area contributed by atoms with Crippen molar-refractivity contribution < 1.29 is 25.9 Å². The molecule has 0 aromatic heterocycles. The Bertz CT molecular complexity index is 2230. The zero-order valence-corrected chi connectivity index (χ0v) is 58.8. The van der Waals surface area contributed by atoms with Crippen LogP contribution in [-0.2, 0) is 45.9 Å². The van der Waals surface area contributed by atoms with E-state index in [0.29, 0.717) is 10.8 Å². The third-order valence-electron chi connectivity index (χ3n) is 17.1. The standard InChI is InChI=1S/2C36H60O3S.Ba/c2*1-3-5-7-9-11-13-15-17-19-21-23-26-32-30-31-33(36-34(32)28-25-29-35(36)40(37,38)39)27-24-22-20-18-16-14-12-10-8-6-4-2;/h2*25,28-31H,3-24,26-27H2,1-2H3,(H,37,38,39);/q;;+2/p-2. The van der Waals surface area contributed by atoms with E-state index < -0.39 is 20.2 Å². The summed E-state index contributed by atoms with van der Waals surface area (Å²) in [6.45, 7) is 9.05. The minimum Gasteiger partial charge on any atom is -0.744 e. The zero-order valence-electron chi connectivity index (χ0n) is 52.7. The average Bonchev–Trinajstić information content (AvgIpc) is 3.44. The molecule has 4 aromatic rings. The normalized spacial score (nSPS) is 11.8. The molecule has 0 bridgehead atoms. The van der Waals surface area contributed by atoms with E-state index in [-0.39, 0.29) is 58.7 Å². The summed E-state index contributed by atoms with van der Waals surface area (Å²) in [4.78, 5) is -0.0762. The van der Waals surface area contributed by atoms with E-state index in [1.165, 1.54) is 267 Å². The Kier molecular flexibility index (Phi) is 45.8. The van der Waals surface area contributed by atoms with Gasteiger partial charge < -0.3 is 9.11 Å². The summed E-state index contributed by atoms with van der Waals surface area (Å²) in [7, 11) is -9.04. The molecule has 456 valence electrons. The predicted octanol–water partition coefficient (Wildman–Crippen LogP) is 22.5. The van der Waals surface area contributed by atoms with E-state index in [1.54, 1.807) is 12.1 Å². The molecule has 0 fully saturated rings. The molecule has 0 spiro atoms. The molecule has 0 aliphatic carbocycles. The van der Waals surface area contributed by atoms with Crippen LogP contribution in [-0.4, -0.2) is 74.8 Å². The van der Waals surface area contributed by atoms with Gasteiger partial charge in [0.25, 0.3) is 0 Å². The number of benzene rings is 4. The van der Waals surface area contributed by atoms with Crippen molar-refractivity contribution in [2.45, 2.75) is 346 Å². The number of rotatable bonds is 50. The average molecular weight is 1280 g/mol. The second kappa shape index (κ2) is 48.9. The van der Waals surface area contributed by atoms with Gasteiger partial charge in [0, 0.05) is 10.8 Å². The van der Waals surface area contributed by atoms with Gasteiger partial charge in [-0.1, -0.05) is 333 Å². The van der Waals surface area contributed by atoms with E-state index in [0.717, 1.165) is 86.1 Å². The maximum Gasteiger partial charge on any atom is 2.00 e. The van der Waals surface area contributed by atoms with Gasteiger partial charge in [-0.15, -0.1) is 0 Å². The van der Waals surface area contributed by atoms with Gasteiger partial charge in [0.2, 0.25) is 0 Å². The van der Waals surface area contributed by atoms with Crippen molar-refractivity contribution in [2.75, 3.05) is 0 Å². The first-order valence-electron chi connectivity index (χ1n) is 34.0. The summed E-state index contributed by atoms with van der Waals surface area (Å²) >= 11 is 0. The molecule has 0 amide bonds. The van der Waals surface area contributed by atoms with E-state index >= 15 is 0 Å². The van der Waals surface area contributed by atoms with Crippen molar-refractivity contribution in [3.63, 3.8) is 0 Å². The predicted molar refractivity (Wildman–Crippen MR) is 350 cm³/mol. The molecule has 4 aromatic carbocycles. The molecule has 0 N–H and O–H groups in total. The van der Waals surface area contributed by atoms with Gasteiger partial charge in [-0.05, 0) is 96.5 Å². The van der Waals surface area contributed by atoms with Crippen LogP contribution in [0.1, 0.15) is 332 Å². The van der Waals surface area contributed by atoms with Gasteiger partial charge in [0.05, 0.1) is 9.79 Å². The minimum absolute atomic E-state index is 0. The first kappa shape index (κ1) is 75.9. The Morgan fingerprint density at radius 2 is 0.444 bits per heavy atom. The number of unbranched alkanes of at least 4 members (excludes halogenated alkanes) is 40. The van der Waals surface area contributed by atoms with Crippen LogP contribution in [0.2, 0.25) is 0 Å². The second-order valence-electron chi connectivity index (χ2n) is 24.2. The molecular weight excluding hydrogens is 1160 g/mol. The van der Waals surface area contributed by atoms with Gasteiger partial charge in [0.15, 0.2) is 0 Å². The van der Waals surface area contributed by atoms with Crippen molar-refractivity contribution in [3.05, 3.63) is 82.9 Å². The number of hydrogen-bond donors (Lipinski definition) is 0. The number of aryl methyl sites for hydroxylation is 4. The van der Waals surface area contributed by atoms with Crippen LogP contribution < -0.4 is 0 Å². The molecule has 0 aliphatic rings. The van der Waals surface area contributed by atoms with Gasteiger partial charge >= 0.3 is 48.9 Å². The van der Waals surface area contributed by atoms with E-state index in [1.807, 2.05) is 12.1 Å². The third-order valence-corrected chi connectivity index (χ3v) is 18.9. The Balaban J connectivity index is 0.000000547. The maximum absolute atomic E-state index is 12.2. The summed E-state index contributed by atoms with van der Waals surface area (Å²) in [6, 6.07) is 19.1. The first-order valence-corrected chi connectivity index (χ1v) is 36.8. The van der Waals surface area contributed by atoms with Crippen LogP contribution in [0.5, 0.6) is 0 Å². The molecule has 6 nitrogen and oxygen atoms in total. The fourth-order valence-electron chi connectivity index (χ4n) is 12.2. The number of fused-ring (bicyclic) bond motifs is 2. The molecule has 0 saturated carbocycles. The topological polar surface area (TPSA) is 114 Å². The zero-order chi connectivity index (χ0) is 57.8. The summed E-state index contributed by atoms with van der Waals surface area (Å²) in [6.07, 6.45) is 60.7. The molecular formula is C72H118BaO6S2. The van der Waals surface area contributed by atoms with Gasteiger partial charge in [-0.25, -0.2) is 16.8 Å². The summed E-state index contributed by atoms with van der Waals surface area (Å²) in [5, 5.41) is 3.30. The van der Waals surface area contributed by atoms with Crippen LogP contribution >= 0.6 is 0 Å². The van der Waals surface area contributed by atoms with Gasteiger partial charge in [-0.3, -0.25) is 0 Å². The van der Waals surface area contributed by atoms with Gasteiger partial charge in [0.1, 0.15) is 20.2 Å². The molecule has 81 heavy (non-hydrogen) atoms. The quantitative estimate of drug-likeness (QED) is 0.0247. The summed E-state index contributed by atoms with van der Waals surface area (Å²) in [5.74, 6) is 0. The first-order chi connectivity index (χ1) is 39.0.